The molecule has 2 aromatic carbocycles. The first-order chi connectivity index (χ1) is 12.1. The summed E-state index contributed by atoms with van der Waals surface area (Å²) in [4.78, 5) is -0.167. The molecule has 0 spiro atoms. The number of sulfonamides is 2. The minimum absolute atomic E-state index is 0.167. The molecule has 0 radical (unpaired) electrons. The third kappa shape index (κ3) is 4.01. The number of anilines is 1. The fourth-order valence-electron chi connectivity index (χ4n) is 2.74. The zero-order valence-electron chi connectivity index (χ0n) is 13.7. The number of rotatable bonds is 4. The van der Waals surface area contributed by atoms with E-state index in [0.717, 1.165) is 35.6 Å². The van der Waals surface area contributed by atoms with Crippen LogP contribution in [0.3, 0.4) is 0 Å². The normalized spacial score (nSPS) is 15.5. The second-order valence-electron chi connectivity index (χ2n) is 6.01. The molecule has 0 atom stereocenters. The Kier molecular flexibility index (Phi) is 5.00. The number of halogens is 2. The second kappa shape index (κ2) is 6.80. The quantitative estimate of drug-likeness (QED) is 0.827. The first-order valence-corrected chi connectivity index (χ1v) is 11.3. The lowest BCUT2D eigenvalue weighted by Crippen LogP contribution is -2.35. The number of fused-ring (bicyclic) bond motifs is 1. The van der Waals surface area contributed by atoms with Crippen molar-refractivity contribution in [1.29, 1.82) is 0 Å². The first kappa shape index (κ1) is 19.1. The first-order valence-electron chi connectivity index (χ1n) is 7.61. The molecule has 0 aliphatic carbocycles. The largest absolute Gasteiger partial charge is 0.280 e. The van der Waals surface area contributed by atoms with E-state index in [0.29, 0.717) is 18.7 Å². The topological polar surface area (TPSA) is 83.6 Å². The zero-order chi connectivity index (χ0) is 19.1. The average Bonchev–Trinajstić information content (AvgIpc) is 2.55. The molecular weight excluding hydrogens is 403 g/mol. The Morgan fingerprint density at radius 1 is 1.08 bits per heavy atom. The molecule has 0 fully saturated rings. The van der Waals surface area contributed by atoms with Crippen LogP contribution in [0.15, 0.2) is 41.3 Å². The highest BCUT2D eigenvalue weighted by molar-refractivity contribution is 7.92. The van der Waals surface area contributed by atoms with E-state index >= 15 is 0 Å². The van der Waals surface area contributed by atoms with E-state index in [-0.39, 0.29) is 16.5 Å². The Morgan fingerprint density at radius 2 is 1.81 bits per heavy atom. The Labute approximate surface area is 156 Å². The molecule has 3 rings (SSSR count). The van der Waals surface area contributed by atoms with Crippen LogP contribution in [-0.4, -0.2) is 33.9 Å². The maximum atomic E-state index is 13.2. The molecule has 0 bridgehead atoms. The van der Waals surface area contributed by atoms with Crippen molar-refractivity contribution in [3.63, 3.8) is 0 Å². The predicted molar refractivity (Wildman–Crippen MR) is 97.6 cm³/mol. The van der Waals surface area contributed by atoms with Crippen molar-refractivity contribution in [2.45, 2.75) is 17.9 Å². The van der Waals surface area contributed by atoms with Crippen LogP contribution in [0.2, 0.25) is 5.02 Å². The van der Waals surface area contributed by atoms with Crippen molar-refractivity contribution in [1.82, 2.24) is 4.31 Å². The van der Waals surface area contributed by atoms with E-state index in [1.165, 1.54) is 4.31 Å². The monoisotopic (exact) mass is 418 g/mol. The van der Waals surface area contributed by atoms with Gasteiger partial charge in [-0.05, 0) is 47.9 Å². The molecule has 0 amide bonds. The van der Waals surface area contributed by atoms with Crippen molar-refractivity contribution >= 4 is 37.3 Å². The standard InChI is InChI=1S/C16H16ClFN2O4S2/c1-25(21,22)20-7-6-11-2-3-13(8-12(11)10-20)19-26(23,24)14-4-5-16(18)15(17)9-14/h2-5,8-9,19H,6-7,10H2,1H3. The highest BCUT2D eigenvalue weighted by atomic mass is 35.5. The lowest BCUT2D eigenvalue weighted by molar-refractivity contribution is 0.395. The van der Waals surface area contributed by atoms with Gasteiger partial charge in [0.1, 0.15) is 5.82 Å². The van der Waals surface area contributed by atoms with Crippen LogP contribution in [0.5, 0.6) is 0 Å². The van der Waals surface area contributed by atoms with Crippen molar-refractivity contribution in [3.8, 4) is 0 Å². The number of hydrogen-bond acceptors (Lipinski definition) is 4. The van der Waals surface area contributed by atoms with Crippen LogP contribution in [-0.2, 0) is 33.0 Å². The number of nitrogens with one attached hydrogen (secondary N) is 1. The van der Waals surface area contributed by atoms with Crippen LogP contribution in [0, 0.1) is 5.82 Å². The molecule has 10 heteroatoms. The lowest BCUT2D eigenvalue weighted by Gasteiger charge is -2.27. The van der Waals surface area contributed by atoms with Crippen molar-refractivity contribution in [2.75, 3.05) is 17.5 Å². The molecule has 0 saturated heterocycles. The molecule has 140 valence electrons. The summed E-state index contributed by atoms with van der Waals surface area (Å²) < 4.78 is 65.4. The van der Waals surface area contributed by atoms with Gasteiger partial charge in [0.2, 0.25) is 10.0 Å². The van der Waals surface area contributed by atoms with Crippen LogP contribution in [0.25, 0.3) is 0 Å². The van der Waals surface area contributed by atoms with Gasteiger partial charge in [0.25, 0.3) is 10.0 Å². The number of hydrogen-bond donors (Lipinski definition) is 1. The maximum Gasteiger partial charge on any atom is 0.261 e. The van der Waals surface area contributed by atoms with Gasteiger partial charge in [0, 0.05) is 18.8 Å². The van der Waals surface area contributed by atoms with E-state index in [4.69, 9.17) is 11.6 Å². The minimum atomic E-state index is -3.95. The Morgan fingerprint density at radius 3 is 2.46 bits per heavy atom. The van der Waals surface area contributed by atoms with Gasteiger partial charge in [0.05, 0.1) is 16.2 Å². The average molecular weight is 419 g/mol. The van der Waals surface area contributed by atoms with Crippen LogP contribution in [0.1, 0.15) is 11.1 Å². The third-order valence-electron chi connectivity index (χ3n) is 4.11. The summed E-state index contributed by atoms with van der Waals surface area (Å²) in [5, 5.41) is -0.290. The van der Waals surface area contributed by atoms with E-state index in [1.807, 2.05) is 0 Å². The van der Waals surface area contributed by atoms with Crippen LogP contribution in [0.4, 0.5) is 10.1 Å². The van der Waals surface area contributed by atoms with E-state index in [2.05, 4.69) is 4.72 Å². The Balaban J connectivity index is 1.88. The minimum Gasteiger partial charge on any atom is -0.280 e. The number of nitrogens with zero attached hydrogens (tertiary/aromatic N) is 1. The SMILES string of the molecule is CS(=O)(=O)N1CCc2ccc(NS(=O)(=O)c3ccc(F)c(Cl)c3)cc2C1. The summed E-state index contributed by atoms with van der Waals surface area (Å²) in [7, 11) is -7.28. The number of benzene rings is 2. The van der Waals surface area contributed by atoms with Crippen molar-refractivity contribution in [2.24, 2.45) is 0 Å². The lowest BCUT2D eigenvalue weighted by atomic mass is 10.0. The second-order valence-corrected chi connectivity index (χ2v) is 10.1. The Bertz CT molecular complexity index is 1070. The Hall–Kier alpha value is -1.68. The van der Waals surface area contributed by atoms with Crippen molar-refractivity contribution < 1.29 is 21.2 Å². The van der Waals surface area contributed by atoms with Gasteiger partial charge in [-0.15, -0.1) is 0 Å². The van der Waals surface area contributed by atoms with E-state index in [9.17, 15) is 21.2 Å². The summed E-state index contributed by atoms with van der Waals surface area (Å²) in [6.07, 6.45) is 1.70. The molecule has 6 nitrogen and oxygen atoms in total. The molecule has 1 aliphatic rings. The molecule has 2 aromatic rings. The van der Waals surface area contributed by atoms with Gasteiger partial charge < -0.3 is 0 Å². The fourth-order valence-corrected chi connectivity index (χ4v) is 4.85. The van der Waals surface area contributed by atoms with Crippen LogP contribution < -0.4 is 4.72 Å². The van der Waals surface area contributed by atoms with E-state index in [1.54, 1.807) is 18.2 Å². The zero-order valence-corrected chi connectivity index (χ0v) is 16.1. The molecular formula is C16H16ClFN2O4S2. The molecule has 0 unspecified atom stereocenters. The fraction of sp³-hybridized carbons (Fsp3) is 0.250. The summed E-state index contributed by atoms with van der Waals surface area (Å²) >= 11 is 5.65. The van der Waals surface area contributed by atoms with Gasteiger partial charge in [-0.25, -0.2) is 21.2 Å². The van der Waals surface area contributed by atoms with Crippen LogP contribution >= 0.6 is 11.6 Å². The smallest absolute Gasteiger partial charge is 0.261 e. The van der Waals surface area contributed by atoms with Crippen molar-refractivity contribution in [3.05, 3.63) is 58.4 Å². The molecule has 1 N–H and O–H groups in total. The summed E-state index contributed by atoms with van der Waals surface area (Å²) in [6.45, 7) is 0.580. The van der Waals surface area contributed by atoms with Gasteiger partial charge in [-0.1, -0.05) is 17.7 Å². The molecule has 26 heavy (non-hydrogen) atoms. The van der Waals surface area contributed by atoms with E-state index < -0.39 is 25.9 Å². The third-order valence-corrected chi connectivity index (χ3v) is 7.02. The summed E-state index contributed by atoms with van der Waals surface area (Å²) in [6, 6.07) is 8.11. The van der Waals surface area contributed by atoms with Gasteiger partial charge in [-0.3, -0.25) is 4.72 Å². The molecule has 0 saturated carbocycles. The highest BCUT2D eigenvalue weighted by Crippen LogP contribution is 2.26. The summed E-state index contributed by atoms with van der Waals surface area (Å²) in [5.74, 6) is -0.708. The molecule has 1 aliphatic heterocycles. The van der Waals surface area contributed by atoms with Gasteiger partial charge in [0.15, 0.2) is 0 Å². The molecule has 0 aromatic heterocycles. The summed E-state index contributed by atoms with van der Waals surface area (Å²) in [5.41, 5.74) is 2.00. The maximum absolute atomic E-state index is 13.2. The highest BCUT2D eigenvalue weighted by Gasteiger charge is 2.24. The van der Waals surface area contributed by atoms with Gasteiger partial charge >= 0.3 is 0 Å². The van der Waals surface area contributed by atoms with Gasteiger partial charge in [-0.2, -0.15) is 4.31 Å². The predicted octanol–water partition coefficient (Wildman–Crippen LogP) is 2.60. The molecule has 1 heterocycles.